The van der Waals surface area contributed by atoms with Crippen molar-refractivity contribution in [1.29, 1.82) is 5.26 Å². The van der Waals surface area contributed by atoms with Gasteiger partial charge in [0.25, 0.3) is 0 Å². The van der Waals surface area contributed by atoms with Gasteiger partial charge >= 0.3 is 5.97 Å². The van der Waals surface area contributed by atoms with Gasteiger partial charge in [0.1, 0.15) is 5.82 Å². The zero-order chi connectivity index (χ0) is 31.8. The number of piperidine rings is 1. The predicted molar refractivity (Wildman–Crippen MR) is 174 cm³/mol. The van der Waals surface area contributed by atoms with Gasteiger partial charge < -0.3 is 9.30 Å². The van der Waals surface area contributed by atoms with Crippen molar-refractivity contribution in [3.8, 4) is 6.07 Å². The second-order valence-corrected chi connectivity index (χ2v) is 11.6. The lowest BCUT2D eigenvalue weighted by Crippen LogP contribution is -2.33. The van der Waals surface area contributed by atoms with Gasteiger partial charge in [0.2, 0.25) is 0 Å². The molecule has 3 aromatic heterocycles. The summed E-state index contributed by atoms with van der Waals surface area (Å²) in [6, 6.07) is 20.2. The minimum Gasteiger partial charge on any atom is -0.465 e. The van der Waals surface area contributed by atoms with Gasteiger partial charge in [-0.15, -0.1) is 11.3 Å². The first-order valence-electron chi connectivity index (χ1n) is 15.2. The Bertz CT molecular complexity index is 1800. The molecular weight excluding hydrogens is 584 g/mol. The molecule has 0 N–H and O–H groups in total. The summed E-state index contributed by atoms with van der Waals surface area (Å²) >= 11 is 1.60. The Morgan fingerprint density at radius 1 is 1.00 bits per heavy atom. The number of hydrogen-bond donors (Lipinski definition) is 0. The average molecular weight is 621 g/mol. The van der Waals surface area contributed by atoms with E-state index in [0.29, 0.717) is 35.7 Å². The van der Waals surface area contributed by atoms with E-state index in [2.05, 4.69) is 26.6 Å². The topological polar surface area (TPSA) is 114 Å². The maximum absolute atomic E-state index is 12.8. The van der Waals surface area contributed by atoms with Gasteiger partial charge in [-0.1, -0.05) is 32.0 Å². The number of carbonyl (C=O) groups is 2. The Morgan fingerprint density at radius 3 is 2.44 bits per heavy atom. The largest absolute Gasteiger partial charge is 0.465 e. The highest BCUT2D eigenvalue weighted by Crippen LogP contribution is 2.29. The van der Waals surface area contributed by atoms with Crippen LogP contribution in [0.2, 0.25) is 0 Å². The van der Waals surface area contributed by atoms with Crippen molar-refractivity contribution in [2.24, 2.45) is 0 Å². The fraction of sp³-hybridized carbons (Fsp3) is 0.314. The predicted octanol–water partition coefficient (Wildman–Crippen LogP) is 6.43. The van der Waals surface area contributed by atoms with E-state index in [-0.39, 0.29) is 18.2 Å². The minimum absolute atomic E-state index is 0.0103. The molecule has 0 atom stereocenters. The van der Waals surface area contributed by atoms with Crippen LogP contribution in [0.1, 0.15) is 81.0 Å². The molecule has 9 nitrogen and oxygen atoms in total. The van der Waals surface area contributed by atoms with E-state index in [1.54, 1.807) is 41.7 Å². The standard InChI is InChI=1S/C33H30N6O3S.C2H6/c1-42-33(41)25-9-10-29-30(15-25)39(19-27-18-35-21-43-27)32(37-29)20-38-13-11-23(12-14-38)28-4-2-3-26(36-28)16-31(40)24-7-5-22(17-34)6-8-24;1-2/h2-10,15,18,21,23H,11-14,16,19-20H2,1H3;1-2H3. The number of likely N-dealkylation sites (tertiary alicyclic amines) is 1. The van der Waals surface area contributed by atoms with Crippen molar-refractivity contribution >= 4 is 34.1 Å². The molecule has 6 rings (SSSR count). The third-order valence-electron chi connectivity index (χ3n) is 7.92. The van der Waals surface area contributed by atoms with Gasteiger partial charge in [0, 0.05) is 33.9 Å². The van der Waals surface area contributed by atoms with Crippen molar-refractivity contribution in [3.63, 3.8) is 0 Å². The summed E-state index contributed by atoms with van der Waals surface area (Å²) in [7, 11) is 1.39. The van der Waals surface area contributed by atoms with E-state index >= 15 is 0 Å². The van der Waals surface area contributed by atoms with Gasteiger partial charge in [-0.3, -0.25) is 19.7 Å². The quantitative estimate of drug-likeness (QED) is 0.137. The van der Waals surface area contributed by atoms with Gasteiger partial charge in [0.15, 0.2) is 5.78 Å². The highest BCUT2D eigenvalue weighted by molar-refractivity contribution is 7.09. The summed E-state index contributed by atoms with van der Waals surface area (Å²) in [5.41, 5.74) is 6.98. The van der Waals surface area contributed by atoms with Crippen LogP contribution in [0.5, 0.6) is 0 Å². The van der Waals surface area contributed by atoms with Crippen molar-refractivity contribution in [2.45, 2.75) is 52.1 Å². The number of nitrogens with zero attached hydrogens (tertiary/aromatic N) is 6. The van der Waals surface area contributed by atoms with Crippen molar-refractivity contribution < 1.29 is 14.3 Å². The SMILES string of the molecule is CC.COC(=O)c1ccc2nc(CN3CCC(c4cccc(CC(=O)c5ccc(C#N)cc5)n4)CC3)n(Cc3cncs3)c2c1. The number of ketones is 1. The molecule has 2 aromatic carbocycles. The first-order chi connectivity index (χ1) is 22.0. The Balaban J connectivity index is 0.00000196. The lowest BCUT2D eigenvalue weighted by atomic mass is 9.92. The maximum atomic E-state index is 12.8. The Labute approximate surface area is 267 Å². The van der Waals surface area contributed by atoms with Crippen LogP contribution >= 0.6 is 11.3 Å². The zero-order valence-corrected chi connectivity index (χ0v) is 26.6. The third kappa shape index (κ3) is 7.51. The van der Waals surface area contributed by atoms with Crippen LogP contribution < -0.4 is 0 Å². The zero-order valence-electron chi connectivity index (χ0n) is 25.8. The molecule has 230 valence electrons. The number of ether oxygens (including phenoxy) is 1. The average Bonchev–Trinajstić information content (AvgIpc) is 3.73. The monoisotopic (exact) mass is 620 g/mol. The number of benzene rings is 2. The number of imidazole rings is 1. The van der Waals surface area contributed by atoms with Crippen LogP contribution in [0, 0.1) is 11.3 Å². The Hall–Kier alpha value is -4.72. The van der Waals surface area contributed by atoms with E-state index < -0.39 is 0 Å². The van der Waals surface area contributed by atoms with Gasteiger partial charge in [-0.05, 0) is 68.4 Å². The molecule has 0 radical (unpaired) electrons. The van der Waals surface area contributed by atoms with E-state index in [0.717, 1.165) is 59.1 Å². The first-order valence-corrected chi connectivity index (χ1v) is 16.0. The number of esters is 1. The number of pyridine rings is 1. The van der Waals surface area contributed by atoms with Crippen LogP contribution in [0.4, 0.5) is 0 Å². The molecule has 0 aliphatic carbocycles. The number of thiazole rings is 1. The molecule has 1 fully saturated rings. The van der Waals surface area contributed by atoms with Crippen LogP contribution in [-0.4, -0.2) is 56.4 Å². The van der Waals surface area contributed by atoms with Crippen LogP contribution in [0.15, 0.2) is 72.4 Å². The summed E-state index contributed by atoms with van der Waals surface area (Å²) in [6.07, 6.45) is 4.02. The molecule has 5 aromatic rings. The maximum Gasteiger partial charge on any atom is 0.337 e. The smallest absolute Gasteiger partial charge is 0.337 e. The first kappa shape index (κ1) is 31.7. The lowest BCUT2D eigenvalue weighted by Gasteiger charge is -2.31. The number of methoxy groups -OCH3 is 1. The fourth-order valence-electron chi connectivity index (χ4n) is 5.60. The number of nitriles is 1. The number of rotatable bonds is 9. The Kier molecular flexibility index (Phi) is 10.5. The number of carbonyl (C=O) groups excluding carboxylic acids is 2. The summed E-state index contributed by atoms with van der Waals surface area (Å²) < 4.78 is 7.12. The Morgan fingerprint density at radius 2 is 1.76 bits per heavy atom. The normalized spacial score (nSPS) is 13.6. The summed E-state index contributed by atoms with van der Waals surface area (Å²) in [5, 5.41) is 9.00. The van der Waals surface area contributed by atoms with Crippen molar-refractivity contribution in [1.82, 2.24) is 24.4 Å². The van der Waals surface area contributed by atoms with Crippen molar-refractivity contribution in [2.75, 3.05) is 20.2 Å². The highest BCUT2D eigenvalue weighted by Gasteiger charge is 2.24. The van der Waals surface area contributed by atoms with E-state index in [4.69, 9.17) is 20.0 Å². The number of aromatic nitrogens is 4. The molecule has 10 heteroatoms. The molecule has 1 aliphatic heterocycles. The van der Waals surface area contributed by atoms with Crippen molar-refractivity contribution in [3.05, 3.63) is 111 Å². The van der Waals surface area contributed by atoms with E-state index in [9.17, 15) is 9.59 Å². The van der Waals surface area contributed by atoms with Crippen LogP contribution in [-0.2, 0) is 24.2 Å². The van der Waals surface area contributed by atoms with Gasteiger partial charge in [-0.2, -0.15) is 5.26 Å². The lowest BCUT2D eigenvalue weighted by molar-refractivity contribution is 0.0600. The number of Topliss-reactive ketones (excluding diaryl/α,β-unsaturated/α-hetero) is 1. The van der Waals surface area contributed by atoms with Gasteiger partial charge in [0.05, 0.1) is 60.4 Å². The molecule has 4 heterocycles. The number of hydrogen-bond acceptors (Lipinski definition) is 9. The van der Waals surface area contributed by atoms with E-state index in [1.165, 1.54) is 7.11 Å². The van der Waals surface area contributed by atoms with E-state index in [1.807, 2.05) is 49.8 Å². The molecule has 0 amide bonds. The molecule has 0 unspecified atom stereocenters. The third-order valence-corrected chi connectivity index (χ3v) is 8.69. The van der Waals surface area contributed by atoms with Gasteiger partial charge in [-0.25, -0.2) is 9.78 Å². The second kappa shape index (κ2) is 14.8. The fourth-order valence-corrected chi connectivity index (χ4v) is 6.18. The molecule has 0 bridgehead atoms. The molecule has 0 spiro atoms. The van der Waals surface area contributed by atoms with Crippen LogP contribution in [0.25, 0.3) is 11.0 Å². The summed E-state index contributed by atoms with van der Waals surface area (Å²) in [6.45, 7) is 7.13. The molecule has 1 aliphatic rings. The minimum atomic E-state index is -0.368. The summed E-state index contributed by atoms with van der Waals surface area (Å²) in [4.78, 5) is 42.6. The van der Waals surface area contributed by atoms with Crippen LogP contribution in [0.3, 0.4) is 0 Å². The second-order valence-electron chi connectivity index (χ2n) is 10.7. The molecular formula is C35H36N6O3S. The number of fused-ring (bicyclic) bond motifs is 1. The molecule has 45 heavy (non-hydrogen) atoms. The molecule has 0 saturated carbocycles. The molecule has 1 saturated heterocycles. The highest BCUT2D eigenvalue weighted by atomic mass is 32.1. The summed E-state index contributed by atoms with van der Waals surface area (Å²) in [5.74, 6) is 0.890.